The van der Waals surface area contributed by atoms with Crippen molar-refractivity contribution in [1.29, 1.82) is 0 Å². The Labute approximate surface area is 170 Å². The first kappa shape index (κ1) is 21.0. The number of hydrogen-bond acceptors (Lipinski definition) is 5. The molecule has 6 nitrogen and oxygen atoms in total. The number of nitrogens with one attached hydrogen (secondary N) is 2. The summed E-state index contributed by atoms with van der Waals surface area (Å²) in [6.45, 7) is 5.99. The van der Waals surface area contributed by atoms with Crippen LogP contribution in [0.2, 0.25) is 0 Å². The molecule has 28 heavy (non-hydrogen) atoms. The van der Waals surface area contributed by atoms with E-state index in [-0.39, 0.29) is 16.7 Å². The lowest BCUT2D eigenvalue weighted by Gasteiger charge is -2.10. The van der Waals surface area contributed by atoms with Crippen LogP contribution in [0, 0.1) is 19.8 Å². The predicted octanol–water partition coefficient (Wildman–Crippen LogP) is 4.24. The van der Waals surface area contributed by atoms with E-state index in [1.807, 2.05) is 26.0 Å². The zero-order chi connectivity index (χ0) is 20.3. The normalized spacial score (nSPS) is 15.1. The summed E-state index contributed by atoms with van der Waals surface area (Å²) in [6.07, 6.45) is 4.82. The minimum Gasteiger partial charge on any atom is -0.302 e. The molecule has 1 saturated carbocycles. The van der Waals surface area contributed by atoms with E-state index in [1.165, 1.54) is 11.3 Å². The van der Waals surface area contributed by atoms with Gasteiger partial charge >= 0.3 is 0 Å². The minimum atomic E-state index is -3.56. The van der Waals surface area contributed by atoms with Gasteiger partial charge in [0.05, 0.1) is 15.5 Å². The van der Waals surface area contributed by atoms with Crippen LogP contribution in [0.4, 0.5) is 5.13 Å². The first-order valence-corrected chi connectivity index (χ1v) is 12.0. The number of carbonyl (C=O) groups is 1. The smallest absolute Gasteiger partial charge is 0.240 e. The predicted molar refractivity (Wildman–Crippen MR) is 113 cm³/mol. The summed E-state index contributed by atoms with van der Waals surface area (Å²) in [5.74, 6) is 0.113. The molecule has 0 saturated heterocycles. The fourth-order valence-corrected chi connectivity index (χ4v) is 5.83. The SMILES string of the molecule is CCCNS(=O)(=O)c1cc(-c2sc(NC(=O)C3CCCC3)nc2C)ccc1C. The third-order valence-electron chi connectivity index (χ3n) is 5.03. The van der Waals surface area contributed by atoms with Crippen LogP contribution >= 0.6 is 11.3 Å². The van der Waals surface area contributed by atoms with Crippen LogP contribution in [-0.2, 0) is 14.8 Å². The van der Waals surface area contributed by atoms with Crippen LogP contribution in [0.25, 0.3) is 10.4 Å². The van der Waals surface area contributed by atoms with Gasteiger partial charge in [-0.2, -0.15) is 0 Å². The van der Waals surface area contributed by atoms with Crippen LogP contribution in [0.15, 0.2) is 23.1 Å². The highest BCUT2D eigenvalue weighted by Crippen LogP contribution is 2.35. The van der Waals surface area contributed by atoms with E-state index in [0.29, 0.717) is 17.2 Å². The average Bonchev–Trinajstić information content (AvgIpc) is 3.30. The third kappa shape index (κ3) is 4.61. The molecule has 0 aliphatic heterocycles. The summed E-state index contributed by atoms with van der Waals surface area (Å²) >= 11 is 1.38. The van der Waals surface area contributed by atoms with Gasteiger partial charge in [-0.15, -0.1) is 0 Å². The van der Waals surface area contributed by atoms with Gasteiger partial charge in [0.2, 0.25) is 15.9 Å². The lowest BCUT2D eigenvalue weighted by molar-refractivity contribution is -0.119. The Morgan fingerprint density at radius 1 is 1.25 bits per heavy atom. The second-order valence-electron chi connectivity index (χ2n) is 7.28. The molecule has 0 atom stereocenters. The topological polar surface area (TPSA) is 88.2 Å². The van der Waals surface area contributed by atoms with E-state index in [4.69, 9.17) is 0 Å². The number of hydrogen-bond donors (Lipinski definition) is 2. The second kappa shape index (κ2) is 8.71. The molecular formula is C20H27N3O3S2. The van der Waals surface area contributed by atoms with Crippen molar-refractivity contribution in [2.45, 2.75) is 57.8 Å². The number of sulfonamides is 1. The maximum atomic E-state index is 12.6. The zero-order valence-electron chi connectivity index (χ0n) is 16.5. The highest BCUT2D eigenvalue weighted by atomic mass is 32.2. The van der Waals surface area contributed by atoms with E-state index in [1.54, 1.807) is 13.0 Å². The number of aromatic nitrogens is 1. The number of anilines is 1. The van der Waals surface area contributed by atoms with Gasteiger partial charge in [-0.05, 0) is 50.3 Å². The average molecular weight is 422 g/mol. The van der Waals surface area contributed by atoms with Gasteiger partial charge < -0.3 is 5.32 Å². The Bertz CT molecular complexity index is 961. The van der Waals surface area contributed by atoms with E-state index >= 15 is 0 Å². The minimum absolute atomic E-state index is 0.0359. The summed E-state index contributed by atoms with van der Waals surface area (Å²) in [7, 11) is -3.56. The third-order valence-corrected chi connectivity index (χ3v) is 7.76. The van der Waals surface area contributed by atoms with Gasteiger partial charge in [-0.25, -0.2) is 18.1 Å². The molecule has 1 aliphatic carbocycles. The van der Waals surface area contributed by atoms with Crippen molar-refractivity contribution in [3.05, 3.63) is 29.5 Å². The fraction of sp³-hybridized carbons (Fsp3) is 0.500. The van der Waals surface area contributed by atoms with Gasteiger partial charge in [0.15, 0.2) is 5.13 Å². The number of benzene rings is 1. The molecule has 1 heterocycles. The van der Waals surface area contributed by atoms with Crippen LogP contribution in [0.1, 0.15) is 50.3 Å². The largest absolute Gasteiger partial charge is 0.302 e. The Hall–Kier alpha value is -1.77. The Balaban J connectivity index is 1.86. The molecule has 8 heteroatoms. The molecule has 2 N–H and O–H groups in total. The zero-order valence-corrected chi connectivity index (χ0v) is 18.2. The summed E-state index contributed by atoms with van der Waals surface area (Å²) in [4.78, 5) is 18.0. The number of rotatable bonds is 7. The summed E-state index contributed by atoms with van der Waals surface area (Å²) in [5, 5.41) is 3.50. The van der Waals surface area contributed by atoms with Crippen LogP contribution < -0.4 is 10.0 Å². The molecule has 0 radical (unpaired) electrons. The van der Waals surface area contributed by atoms with E-state index < -0.39 is 10.0 Å². The number of carbonyl (C=O) groups excluding carboxylic acids is 1. The highest BCUT2D eigenvalue weighted by Gasteiger charge is 2.24. The molecule has 1 aliphatic rings. The Kier molecular flexibility index (Phi) is 6.52. The standard InChI is InChI=1S/C20H27N3O3S2/c1-4-11-21-28(25,26)17-12-16(10-9-13(17)2)18-14(3)22-20(27-18)23-19(24)15-7-5-6-8-15/h9-10,12,15,21H,4-8,11H2,1-3H3,(H,22,23,24). The van der Waals surface area contributed by atoms with Gasteiger partial charge in [0, 0.05) is 12.5 Å². The van der Waals surface area contributed by atoms with Crippen LogP contribution in [-0.4, -0.2) is 25.9 Å². The highest BCUT2D eigenvalue weighted by molar-refractivity contribution is 7.89. The number of nitrogens with zero attached hydrogens (tertiary/aromatic N) is 1. The molecule has 0 unspecified atom stereocenters. The number of thiazole rings is 1. The van der Waals surface area contributed by atoms with Crippen molar-refractivity contribution in [2.75, 3.05) is 11.9 Å². The van der Waals surface area contributed by atoms with E-state index in [2.05, 4.69) is 15.0 Å². The number of aryl methyl sites for hydroxylation is 2. The van der Waals surface area contributed by atoms with Crippen LogP contribution in [0.3, 0.4) is 0 Å². The first-order valence-electron chi connectivity index (χ1n) is 9.71. The van der Waals surface area contributed by atoms with Crippen molar-refractivity contribution in [2.24, 2.45) is 5.92 Å². The molecule has 3 rings (SSSR count). The monoisotopic (exact) mass is 421 g/mol. The molecule has 1 amide bonds. The fourth-order valence-electron chi connectivity index (χ4n) is 3.46. The van der Waals surface area contributed by atoms with Gasteiger partial charge in [-0.1, -0.05) is 43.2 Å². The second-order valence-corrected chi connectivity index (χ2v) is 10.0. The Morgan fingerprint density at radius 2 is 1.96 bits per heavy atom. The van der Waals surface area contributed by atoms with Crippen molar-refractivity contribution in [3.8, 4) is 10.4 Å². The summed E-state index contributed by atoms with van der Waals surface area (Å²) in [6, 6.07) is 5.40. The Morgan fingerprint density at radius 3 is 2.64 bits per heavy atom. The maximum absolute atomic E-state index is 12.6. The van der Waals surface area contributed by atoms with E-state index in [9.17, 15) is 13.2 Å². The molecule has 1 aromatic carbocycles. The van der Waals surface area contributed by atoms with Crippen molar-refractivity contribution in [3.63, 3.8) is 0 Å². The first-order chi connectivity index (χ1) is 13.3. The summed E-state index contributed by atoms with van der Waals surface area (Å²) < 4.78 is 27.8. The van der Waals surface area contributed by atoms with Crippen molar-refractivity contribution >= 4 is 32.4 Å². The molecule has 0 spiro atoms. The molecule has 1 fully saturated rings. The molecule has 0 bridgehead atoms. The quantitative estimate of drug-likeness (QED) is 0.700. The maximum Gasteiger partial charge on any atom is 0.240 e. The summed E-state index contributed by atoms with van der Waals surface area (Å²) in [5.41, 5.74) is 2.27. The van der Waals surface area contributed by atoms with Gasteiger partial charge in [-0.3, -0.25) is 4.79 Å². The van der Waals surface area contributed by atoms with Gasteiger partial charge in [0.1, 0.15) is 0 Å². The number of amides is 1. The lowest BCUT2D eigenvalue weighted by Crippen LogP contribution is -2.25. The van der Waals surface area contributed by atoms with Gasteiger partial charge in [0.25, 0.3) is 0 Å². The lowest BCUT2D eigenvalue weighted by atomic mass is 10.1. The molecular weight excluding hydrogens is 394 g/mol. The van der Waals surface area contributed by atoms with Crippen molar-refractivity contribution in [1.82, 2.24) is 9.71 Å². The molecule has 152 valence electrons. The molecule has 1 aromatic heterocycles. The van der Waals surface area contributed by atoms with Crippen LogP contribution in [0.5, 0.6) is 0 Å². The van der Waals surface area contributed by atoms with Crippen molar-refractivity contribution < 1.29 is 13.2 Å². The van der Waals surface area contributed by atoms with E-state index in [0.717, 1.165) is 48.2 Å². The molecule has 2 aromatic rings.